The van der Waals surface area contributed by atoms with Gasteiger partial charge >= 0.3 is 5.69 Å². The molecule has 0 atom stereocenters. The maximum absolute atomic E-state index is 12.3. The fraction of sp³-hybridized carbons (Fsp3) is 0.308. The van der Waals surface area contributed by atoms with Crippen LogP contribution in [-0.2, 0) is 16.8 Å². The summed E-state index contributed by atoms with van der Waals surface area (Å²) < 4.78 is 13.3. The van der Waals surface area contributed by atoms with Gasteiger partial charge in [-0.3, -0.25) is 9.78 Å². The minimum Gasteiger partial charge on any atom is -0.457 e. The van der Waals surface area contributed by atoms with Crippen molar-refractivity contribution in [2.75, 3.05) is 6.61 Å². The summed E-state index contributed by atoms with van der Waals surface area (Å²) in [4.78, 5) is 29.6. The number of rotatable bonds is 3. The molecule has 1 saturated carbocycles. The lowest BCUT2D eigenvalue weighted by Crippen LogP contribution is -2.42. The van der Waals surface area contributed by atoms with Crippen molar-refractivity contribution in [1.29, 1.82) is 5.26 Å². The number of aromatic nitrogens is 4. The monoisotopic (exact) mass is 469 g/mol. The predicted octanol–water partition coefficient (Wildman–Crippen LogP) is 3.63. The van der Waals surface area contributed by atoms with E-state index >= 15 is 0 Å². The van der Waals surface area contributed by atoms with Crippen molar-refractivity contribution < 1.29 is 9.47 Å². The minimum absolute atomic E-state index is 0.108. The van der Waals surface area contributed by atoms with Crippen molar-refractivity contribution in [1.82, 2.24) is 19.7 Å². The number of hydrogen-bond donors (Lipinski definition) is 2. The Morgan fingerprint density at radius 1 is 1.14 bits per heavy atom. The van der Waals surface area contributed by atoms with Crippen LogP contribution in [0.25, 0.3) is 16.6 Å². The first kappa shape index (κ1) is 21.4. The summed E-state index contributed by atoms with van der Waals surface area (Å²) >= 11 is 0. The molecule has 1 spiro atoms. The Kier molecular flexibility index (Phi) is 4.69. The number of aryl methyl sites for hydroxylation is 2. The Morgan fingerprint density at radius 3 is 2.60 bits per heavy atom. The van der Waals surface area contributed by atoms with Gasteiger partial charge in [0.25, 0.3) is 5.56 Å². The van der Waals surface area contributed by atoms with Crippen molar-refractivity contribution in [2.24, 2.45) is 0 Å². The van der Waals surface area contributed by atoms with Crippen molar-refractivity contribution in [3.05, 3.63) is 79.2 Å². The van der Waals surface area contributed by atoms with Gasteiger partial charge < -0.3 is 14.5 Å². The third kappa shape index (κ3) is 3.29. The summed E-state index contributed by atoms with van der Waals surface area (Å²) in [6, 6.07) is 11.3. The molecule has 2 aliphatic rings. The minimum atomic E-state index is -0.806. The number of hydrogen-bond acceptors (Lipinski definition) is 6. The molecular weight excluding hydrogens is 446 g/mol. The molecule has 1 fully saturated rings. The zero-order valence-corrected chi connectivity index (χ0v) is 19.4. The van der Waals surface area contributed by atoms with Crippen LogP contribution in [0.4, 0.5) is 0 Å². The molecule has 0 amide bonds. The standard InChI is InChI=1S/C26H23N5O4/c1-14-8-16(31-25(33)29-24(32)20(11-27)30-31)9-15(2)23(14)35-17-4-5-19-18(10-17)22-21(28-19)12-34-13-26(22)6-3-7-26/h4-5,8-10,28H,3,6-7,12-13H2,1-2H3,(H,29,32,33). The highest BCUT2D eigenvalue weighted by Crippen LogP contribution is 2.50. The van der Waals surface area contributed by atoms with Crippen LogP contribution < -0.4 is 16.0 Å². The lowest BCUT2D eigenvalue weighted by Gasteiger charge is -2.44. The van der Waals surface area contributed by atoms with Crippen LogP contribution >= 0.6 is 0 Å². The van der Waals surface area contributed by atoms with Crippen LogP contribution in [0.2, 0.25) is 0 Å². The number of nitrogens with zero attached hydrogens (tertiary/aromatic N) is 3. The third-order valence-electron chi connectivity index (χ3n) is 7.16. The third-order valence-corrected chi connectivity index (χ3v) is 7.16. The summed E-state index contributed by atoms with van der Waals surface area (Å²) in [5.74, 6) is 1.41. The van der Waals surface area contributed by atoms with E-state index in [1.54, 1.807) is 18.2 Å². The highest BCUT2D eigenvalue weighted by Gasteiger charge is 2.44. The van der Waals surface area contributed by atoms with Gasteiger partial charge in [-0.1, -0.05) is 6.42 Å². The summed E-state index contributed by atoms with van der Waals surface area (Å²) in [5, 5.41) is 14.2. The van der Waals surface area contributed by atoms with E-state index in [9.17, 15) is 9.59 Å². The predicted molar refractivity (Wildman–Crippen MR) is 128 cm³/mol. The van der Waals surface area contributed by atoms with Gasteiger partial charge in [0, 0.05) is 22.0 Å². The second-order valence-electron chi connectivity index (χ2n) is 9.45. The van der Waals surface area contributed by atoms with E-state index in [0.29, 0.717) is 18.0 Å². The summed E-state index contributed by atoms with van der Waals surface area (Å²) in [6.07, 6.45) is 3.51. The van der Waals surface area contributed by atoms with E-state index in [1.165, 1.54) is 17.4 Å². The zero-order chi connectivity index (χ0) is 24.3. The first-order chi connectivity index (χ1) is 16.9. The summed E-state index contributed by atoms with van der Waals surface area (Å²) in [5.41, 5.74) is 3.85. The van der Waals surface area contributed by atoms with Gasteiger partial charge in [0.15, 0.2) is 0 Å². The Bertz CT molecular complexity index is 1640. The first-order valence-corrected chi connectivity index (χ1v) is 11.5. The van der Waals surface area contributed by atoms with Crippen molar-refractivity contribution >= 4 is 10.9 Å². The van der Waals surface area contributed by atoms with Crippen LogP contribution in [0.3, 0.4) is 0 Å². The van der Waals surface area contributed by atoms with E-state index in [0.717, 1.165) is 52.2 Å². The quantitative estimate of drug-likeness (QED) is 0.472. The highest BCUT2D eigenvalue weighted by molar-refractivity contribution is 5.87. The molecular formula is C26H23N5O4. The van der Waals surface area contributed by atoms with E-state index in [4.69, 9.17) is 14.7 Å². The summed E-state index contributed by atoms with van der Waals surface area (Å²) in [7, 11) is 0. The molecule has 0 bridgehead atoms. The maximum atomic E-state index is 12.3. The molecule has 9 heteroatoms. The Morgan fingerprint density at radius 2 is 1.91 bits per heavy atom. The molecule has 2 aromatic carbocycles. The fourth-order valence-electron chi connectivity index (χ4n) is 5.40. The van der Waals surface area contributed by atoms with Gasteiger partial charge in [0.1, 0.15) is 17.6 Å². The van der Waals surface area contributed by atoms with Gasteiger partial charge in [0.2, 0.25) is 5.69 Å². The molecule has 4 aromatic rings. The molecule has 6 rings (SSSR count). The molecule has 1 aliphatic carbocycles. The molecule has 176 valence electrons. The average Bonchev–Trinajstić information content (AvgIpc) is 3.18. The van der Waals surface area contributed by atoms with E-state index < -0.39 is 11.2 Å². The number of nitriles is 1. The smallest absolute Gasteiger partial charge is 0.349 e. The van der Waals surface area contributed by atoms with Crippen LogP contribution in [0.1, 0.15) is 47.3 Å². The number of fused-ring (bicyclic) bond motifs is 4. The number of ether oxygens (including phenoxy) is 2. The Balaban J connectivity index is 1.39. The molecule has 3 heterocycles. The molecule has 9 nitrogen and oxygen atoms in total. The second kappa shape index (κ2) is 7.68. The van der Waals surface area contributed by atoms with Crippen LogP contribution in [0, 0.1) is 25.2 Å². The van der Waals surface area contributed by atoms with Crippen molar-refractivity contribution in [3.63, 3.8) is 0 Å². The van der Waals surface area contributed by atoms with Crippen LogP contribution in [0.15, 0.2) is 39.9 Å². The van der Waals surface area contributed by atoms with Crippen LogP contribution in [0.5, 0.6) is 11.5 Å². The van der Waals surface area contributed by atoms with E-state index in [2.05, 4.69) is 21.1 Å². The van der Waals surface area contributed by atoms with E-state index in [-0.39, 0.29) is 11.1 Å². The lowest BCUT2D eigenvalue weighted by molar-refractivity contribution is 0.0156. The number of benzene rings is 2. The van der Waals surface area contributed by atoms with Gasteiger partial charge in [-0.25, -0.2) is 4.79 Å². The normalized spacial score (nSPS) is 16.0. The topological polar surface area (TPSA) is 126 Å². The SMILES string of the molecule is Cc1cc(-n2nc(C#N)c(=O)[nH]c2=O)cc(C)c1Oc1ccc2[nH]c3c(c2c1)C1(CCC1)COC3. The number of H-pyrrole nitrogens is 2. The van der Waals surface area contributed by atoms with Crippen LogP contribution in [-0.4, -0.2) is 26.4 Å². The molecule has 0 unspecified atom stereocenters. The number of aromatic amines is 2. The summed E-state index contributed by atoms with van der Waals surface area (Å²) in [6.45, 7) is 5.13. The van der Waals surface area contributed by atoms with Gasteiger partial charge in [-0.15, -0.1) is 5.10 Å². The van der Waals surface area contributed by atoms with Crippen molar-refractivity contribution in [3.8, 4) is 23.3 Å². The number of nitrogens with one attached hydrogen (secondary N) is 2. The second-order valence-corrected chi connectivity index (χ2v) is 9.45. The van der Waals surface area contributed by atoms with Crippen molar-refractivity contribution in [2.45, 2.75) is 45.1 Å². The molecule has 1 aliphatic heterocycles. The van der Waals surface area contributed by atoms with Gasteiger partial charge in [0.05, 0.1) is 18.9 Å². The average molecular weight is 470 g/mol. The molecule has 35 heavy (non-hydrogen) atoms. The van der Waals surface area contributed by atoms with E-state index in [1.807, 2.05) is 26.0 Å². The first-order valence-electron chi connectivity index (χ1n) is 11.5. The zero-order valence-electron chi connectivity index (χ0n) is 19.4. The highest BCUT2D eigenvalue weighted by atomic mass is 16.5. The lowest BCUT2D eigenvalue weighted by atomic mass is 9.63. The molecule has 2 aromatic heterocycles. The largest absolute Gasteiger partial charge is 0.457 e. The maximum Gasteiger partial charge on any atom is 0.349 e. The fourth-order valence-corrected chi connectivity index (χ4v) is 5.40. The van der Waals surface area contributed by atoms with Gasteiger partial charge in [-0.05, 0) is 73.7 Å². The van der Waals surface area contributed by atoms with Gasteiger partial charge in [-0.2, -0.15) is 9.94 Å². The molecule has 2 N–H and O–H groups in total. The molecule has 0 saturated heterocycles. The Hall–Kier alpha value is -4.16. The molecule has 0 radical (unpaired) electrons. The Labute approximate surface area is 199 Å².